The van der Waals surface area contributed by atoms with E-state index in [0.29, 0.717) is 5.92 Å². The van der Waals surface area contributed by atoms with E-state index in [4.69, 9.17) is 10.5 Å². The number of hydrogen-bond donors (Lipinski definition) is 1. The minimum Gasteiger partial charge on any atom is -0.359 e. The van der Waals surface area contributed by atoms with Gasteiger partial charge in [0, 0.05) is 10.7 Å². The Hall–Kier alpha value is -1.78. The highest BCUT2D eigenvalue weighted by molar-refractivity contribution is 9.10. The van der Waals surface area contributed by atoms with Gasteiger partial charge in [-0.05, 0) is 39.5 Å². The Bertz CT molecular complexity index is 502. The fourth-order valence-corrected chi connectivity index (χ4v) is 1.76. The number of allylic oxidation sites excluding steroid dienone is 1. The van der Waals surface area contributed by atoms with E-state index >= 15 is 0 Å². The first-order valence-electron chi connectivity index (χ1n) is 5.14. The smallest absolute Gasteiger partial charge is 0.145 e. The Labute approximate surface area is 109 Å². The van der Waals surface area contributed by atoms with Crippen LogP contribution in [0.2, 0.25) is 0 Å². The molecule has 1 aromatic carbocycles. The van der Waals surface area contributed by atoms with Crippen LogP contribution in [0.15, 0.2) is 34.4 Å². The van der Waals surface area contributed by atoms with Crippen molar-refractivity contribution in [2.75, 3.05) is 5.32 Å². The number of nitriles is 2. The molecule has 0 aromatic heterocycles. The minimum atomic E-state index is 0.0461. The molecule has 17 heavy (non-hydrogen) atoms. The molecule has 86 valence electrons. The van der Waals surface area contributed by atoms with E-state index < -0.39 is 0 Å². The standard InChI is InChI=1S/C13H12BrN3/c1-9(2)11-3-4-13(12(14)5-11)17-8-10(6-15)7-16/h3-5,8-9,17H,1-2H3. The summed E-state index contributed by atoms with van der Waals surface area (Å²) in [7, 11) is 0. The lowest BCUT2D eigenvalue weighted by Crippen LogP contribution is -1.93. The van der Waals surface area contributed by atoms with Gasteiger partial charge in [0.25, 0.3) is 0 Å². The first-order chi connectivity index (χ1) is 8.08. The van der Waals surface area contributed by atoms with Gasteiger partial charge in [-0.15, -0.1) is 0 Å². The van der Waals surface area contributed by atoms with Gasteiger partial charge in [-0.2, -0.15) is 10.5 Å². The fraction of sp³-hybridized carbons (Fsp3) is 0.231. The molecule has 0 unspecified atom stereocenters. The van der Waals surface area contributed by atoms with Crippen LogP contribution in [0.5, 0.6) is 0 Å². The van der Waals surface area contributed by atoms with Crippen LogP contribution in [-0.2, 0) is 0 Å². The normalized spacial score (nSPS) is 9.29. The van der Waals surface area contributed by atoms with Crippen LogP contribution in [0.1, 0.15) is 25.3 Å². The lowest BCUT2D eigenvalue weighted by molar-refractivity contribution is 0.866. The van der Waals surface area contributed by atoms with Gasteiger partial charge in [0.15, 0.2) is 0 Å². The van der Waals surface area contributed by atoms with E-state index in [9.17, 15) is 0 Å². The van der Waals surface area contributed by atoms with E-state index in [1.54, 1.807) is 12.1 Å². The molecule has 0 aliphatic rings. The lowest BCUT2D eigenvalue weighted by atomic mass is 10.0. The predicted octanol–water partition coefficient (Wildman–Crippen LogP) is 3.92. The Morgan fingerprint density at radius 3 is 2.47 bits per heavy atom. The molecule has 0 saturated heterocycles. The molecule has 0 atom stereocenters. The second-order valence-electron chi connectivity index (χ2n) is 3.82. The Morgan fingerprint density at radius 1 is 1.35 bits per heavy atom. The van der Waals surface area contributed by atoms with Crippen LogP contribution < -0.4 is 5.32 Å². The van der Waals surface area contributed by atoms with Crippen molar-refractivity contribution in [3.8, 4) is 12.1 Å². The highest BCUT2D eigenvalue weighted by atomic mass is 79.9. The second-order valence-corrected chi connectivity index (χ2v) is 4.67. The molecule has 0 spiro atoms. The van der Waals surface area contributed by atoms with Crippen LogP contribution in [0, 0.1) is 22.7 Å². The van der Waals surface area contributed by atoms with Gasteiger partial charge >= 0.3 is 0 Å². The number of hydrogen-bond acceptors (Lipinski definition) is 3. The van der Waals surface area contributed by atoms with Gasteiger partial charge in [-0.3, -0.25) is 0 Å². The van der Waals surface area contributed by atoms with Crippen molar-refractivity contribution in [2.24, 2.45) is 0 Å². The summed E-state index contributed by atoms with van der Waals surface area (Å²) in [5.41, 5.74) is 2.11. The number of rotatable bonds is 3. The third-order valence-corrected chi connectivity index (χ3v) is 2.93. The maximum absolute atomic E-state index is 8.60. The monoisotopic (exact) mass is 289 g/mol. The summed E-state index contributed by atoms with van der Waals surface area (Å²) in [6.45, 7) is 4.25. The van der Waals surface area contributed by atoms with Gasteiger partial charge in [-0.1, -0.05) is 19.9 Å². The average Bonchev–Trinajstić information content (AvgIpc) is 2.31. The third-order valence-electron chi connectivity index (χ3n) is 2.27. The Balaban J connectivity index is 2.92. The summed E-state index contributed by atoms with van der Waals surface area (Å²) < 4.78 is 0.912. The van der Waals surface area contributed by atoms with Crippen LogP contribution in [0.25, 0.3) is 0 Å². The van der Waals surface area contributed by atoms with Crippen molar-refractivity contribution in [1.82, 2.24) is 0 Å². The van der Waals surface area contributed by atoms with E-state index in [-0.39, 0.29) is 5.57 Å². The van der Waals surface area contributed by atoms with Crippen LogP contribution in [-0.4, -0.2) is 0 Å². The summed E-state index contributed by atoms with van der Waals surface area (Å²) >= 11 is 3.45. The molecule has 1 N–H and O–H groups in total. The Morgan fingerprint density at radius 2 is 2.00 bits per heavy atom. The van der Waals surface area contributed by atoms with Crippen molar-refractivity contribution in [1.29, 1.82) is 10.5 Å². The summed E-state index contributed by atoms with van der Waals surface area (Å²) in [4.78, 5) is 0. The van der Waals surface area contributed by atoms with Crippen molar-refractivity contribution >= 4 is 21.6 Å². The van der Waals surface area contributed by atoms with Crippen molar-refractivity contribution in [3.63, 3.8) is 0 Å². The molecule has 0 aliphatic heterocycles. The van der Waals surface area contributed by atoms with E-state index in [1.807, 2.05) is 18.2 Å². The van der Waals surface area contributed by atoms with Gasteiger partial charge in [0.05, 0.1) is 5.69 Å². The van der Waals surface area contributed by atoms with Crippen molar-refractivity contribution in [3.05, 3.63) is 40.0 Å². The second kappa shape index (κ2) is 6.08. The predicted molar refractivity (Wildman–Crippen MR) is 71.2 cm³/mol. The molecular weight excluding hydrogens is 278 g/mol. The van der Waals surface area contributed by atoms with E-state index in [2.05, 4.69) is 35.1 Å². The van der Waals surface area contributed by atoms with Crippen LogP contribution in [0.3, 0.4) is 0 Å². The highest BCUT2D eigenvalue weighted by Gasteiger charge is 2.03. The van der Waals surface area contributed by atoms with Gasteiger partial charge in [-0.25, -0.2) is 0 Å². The van der Waals surface area contributed by atoms with Gasteiger partial charge < -0.3 is 5.32 Å². The van der Waals surface area contributed by atoms with Gasteiger partial charge in [0.2, 0.25) is 0 Å². The summed E-state index contributed by atoms with van der Waals surface area (Å²) in [6.07, 6.45) is 1.40. The summed E-state index contributed by atoms with van der Waals surface area (Å²) in [5.74, 6) is 0.463. The average molecular weight is 290 g/mol. The maximum atomic E-state index is 8.60. The molecule has 0 bridgehead atoms. The number of nitrogens with one attached hydrogen (secondary N) is 1. The SMILES string of the molecule is CC(C)c1ccc(NC=C(C#N)C#N)c(Br)c1. The zero-order valence-corrected chi connectivity index (χ0v) is 11.2. The molecule has 1 aromatic rings. The molecule has 0 heterocycles. The summed E-state index contributed by atoms with van der Waals surface area (Å²) in [6, 6.07) is 9.55. The quantitative estimate of drug-likeness (QED) is 0.858. The minimum absolute atomic E-state index is 0.0461. The Kier molecular flexibility index (Phi) is 4.75. The zero-order chi connectivity index (χ0) is 12.8. The molecule has 0 amide bonds. The maximum Gasteiger partial charge on any atom is 0.145 e. The molecular formula is C13H12BrN3. The molecule has 1 rings (SSSR count). The highest BCUT2D eigenvalue weighted by Crippen LogP contribution is 2.27. The zero-order valence-electron chi connectivity index (χ0n) is 9.66. The third kappa shape index (κ3) is 3.62. The molecule has 4 heteroatoms. The van der Waals surface area contributed by atoms with Gasteiger partial charge in [0.1, 0.15) is 17.7 Å². The molecule has 0 radical (unpaired) electrons. The molecule has 0 saturated carbocycles. The van der Waals surface area contributed by atoms with Crippen LogP contribution >= 0.6 is 15.9 Å². The van der Waals surface area contributed by atoms with Crippen LogP contribution in [0.4, 0.5) is 5.69 Å². The molecule has 3 nitrogen and oxygen atoms in total. The number of halogens is 1. The molecule has 0 fully saturated rings. The number of nitrogens with zero attached hydrogens (tertiary/aromatic N) is 2. The van der Waals surface area contributed by atoms with E-state index in [0.717, 1.165) is 10.2 Å². The summed E-state index contributed by atoms with van der Waals surface area (Å²) in [5, 5.41) is 20.1. The topological polar surface area (TPSA) is 59.6 Å². The van der Waals surface area contributed by atoms with Crippen molar-refractivity contribution < 1.29 is 0 Å². The first kappa shape index (κ1) is 13.3. The number of anilines is 1. The largest absolute Gasteiger partial charge is 0.359 e. The fourth-order valence-electron chi connectivity index (χ4n) is 1.25. The van der Waals surface area contributed by atoms with E-state index in [1.165, 1.54) is 11.8 Å². The number of benzene rings is 1. The van der Waals surface area contributed by atoms with Crippen molar-refractivity contribution in [2.45, 2.75) is 19.8 Å². The molecule has 0 aliphatic carbocycles. The first-order valence-corrected chi connectivity index (χ1v) is 5.94. The lowest BCUT2D eigenvalue weighted by Gasteiger charge is -2.09.